The zero-order chi connectivity index (χ0) is 23.7. The van der Waals surface area contributed by atoms with Gasteiger partial charge in [-0.3, -0.25) is 9.36 Å². The molecule has 0 saturated heterocycles. The van der Waals surface area contributed by atoms with Crippen molar-refractivity contribution in [2.24, 2.45) is 0 Å². The predicted octanol–water partition coefficient (Wildman–Crippen LogP) is 5.22. The van der Waals surface area contributed by atoms with Gasteiger partial charge in [0.1, 0.15) is 18.2 Å². The van der Waals surface area contributed by atoms with E-state index in [4.69, 9.17) is 19.6 Å². The maximum atomic E-state index is 11.1. The Balaban J connectivity index is 1.40. The summed E-state index contributed by atoms with van der Waals surface area (Å²) in [6.45, 7) is 3.05. The molecular weight excluding hydrogens is 428 g/mol. The normalized spacial score (nSPS) is 14.8. The van der Waals surface area contributed by atoms with E-state index in [0.717, 1.165) is 46.7 Å². The highest BCUT2D eigenvalue weighted by Gasteiger charge is 2.26. The second-order valence-corrected chi connectivity index (χ2v) is 8.82. The second kappa shape index (κ2) is 9.31. The van der Waals surface area contributed by atoms with Crippen molar-refractivity contribution in [1.29, 1.82) is 0 Å². The van der Waals surface area contributed by atoms with Crippen molar-refractivity contribution in [1.82, 2.24) is 9.55 Å². The molecule has 0 saturated carbocycles. The van der Waals surface area contributed by atoms with Gasteiger partial charge < -0.3 is 14.6 Å². The van der Waals surface area contributed by atoms with Gasteiger partial charge in [-0.05, 0) is 60.7 Å². The SMILES string of the molecule is COCc1nc2ccccc2n1-c1cccc(CCc2ccc3c(c2)OC[C@H]3CC(=O)O)c1C. The molecule has 1 aliphatic heterocycles. The van der Waals surface area contributed by atoms with Crippen LogP contribution in [0.2, 0.25) is 0 Å². The first-order valence-electron chi connectivity index (χ1n) is 11.6. The van der Waals surface area contributed by atoms with Gasteiger partial charge in [0.2, 0.25) is 0 Å². The summed E-state index contributed by atoms with van der Waals surface area (Å²) >= 11 is 0. The number of aryl methyl sites for hydroxylation is 2. The number of carboxylic acids is 1. The van der Waals surface area contributed by atoms with Crippen LogP contribution >= 0.6 is 0 Å². The van der Waals surface area contributed by atoms with Crippen molar-refractivity contribution in [3.8, 4) is 11.4 Å². The molecule has 0 fully saturated rings. The van der Waals surface area contributed by atoms with E-state index in [1.54, 1.807) is 7.11 Å². The van der Waals surface area contributed by atoms with Crippen LogP contribution in [0.15, 0.2) is 60.7 Å². The van der Waals surface area contributed by atoms with Crippen LogP contribution in [-0.2, 0) is 29.0 Å². The molecule has 4 aromatic rings. The molecule has 1 atom stereocenters. The van der Waals surface area contributed by atoms with E-state index in [1.165, 1.54) is 16.7 Å². The van der Waals surface area contributed by atoms with Crippen molar-refractivity contribution in [3.05, 3.63) is 88.7 Å². The molecule has 174 valence electrons. The van der Waals surface area contributed by atoms with Crippen LogP contribution in [0.3, 0.4) is 0 Å². The van der Waals surface area contributed by atoms with Gasteiger partial charge in [0, 0.05) is 18.6 Å². The number of aliphatic carboxylic acids is 1. The van der Waals surface area contributed by atoms with Gasteiger partial charge in [-0.1, -0.05) is 36.4 Å². The largest absolute Gasteiger partial charge is 0.493 e. The molecule has 2 heterocycles. The number of carboxylic acid groups (broad SMARTS) is 1. The minimum atomic E-state index is -0.791. The smallest absolute Gasteiger partial charge is 0.304 e. The number of rotatable bonds is 8. The number of hydrogen-bond donors (Lipinski definition) is 1. The molecule has 3 aromatic carbocycles. The number of nitrogens with zero attached hydrogens (tertiary/aromatic N) is 2. The Kier molecular flexibility index (Phi) is 6.07. The zero-order valence-electron chi connectivity index (χ0n) is 19.5. The van der Waals surface area contributed by atoms with Gasteiger partial charge >= 0.3 is 5.97 Å². The van der Waals surface area contributed by atoms with Gasteiger partial charge in [0.05, 0.1) is 29.7 Å². The first-order chi connectivity index (χ1) is 16.5. The number of fused-ring (bicyclic) bond motifs is 2. The summed E-state index contributed by atoms with van der Waals surface area (Å²) in [7, 11) is 1.69. The standard InChI is InChI=1S/C28H28N2O4/c1-18-20(12-10-19-11-13-22-21(15-28(31)32)16-34-26(22)14-19)6-5-9-24(18)30-25-8-4-3-7-23(25)29-27(30)17-33-2/h3-9,11,13-14,21H,10,12,15-17H2,1-2H3,(H,31,32)/t21-/m1/s1. The summed E-state index contributed by atoms with van der Waals surface area (Å²) in [4.78, 5) is 15.9. The molecule has 1 aliphatic rings. The lowest BCUT2D eigenvalue weighted by Gasteiger charge is -2.15. The monoisotopic (exact) mass is 456 g/mol. The van der Waals surface area contributed by atoms with Crippen molar-refractivity contribution in [2.75, 3.05) is 13.7 Å². The Morgan fingerprint density at radius 3 is 2.82 bits per heavy atom. The summed E-state index contributed by atoms with van der Waals surface area (Å²) < 4.78 is 13.4. The van der Waals surface area contributed by atoms with Crippen LogP contribution in [0.5, 0.6) is 5.75 Å². The highest BCUT2D eigenvalue weighted by atomic mass is 16.5. The van der Waals surface area contributed by atoms with Gasteiger partial charge in [0.25, 0.3) is 0 Å². The second-order valence-electron chi connectivity index (χ2n) is 8.82. The topological polar surface area (TPSA) is 73.6 Å². The van der Waals surface area contributed by atoms with Crippen molar-refractivity contribution >= 4 is 17.0 Å². The summed E-state index contributed by atoms with van der Waals surface area (Å²) in [5, 5.41) is 9.12. The van der Waals surface area contributed by atoms with Crippen LogP contribution in [0.25, 0.3) is 16.7 Å². The lowest BCUT2D eigenvalue weighted by Crippen LogP contribution is -2.07. The van der Waals surface area contributed by atoms with Crippen molar-refractivity contribution < 1.29 is 19.4 Å². The molecule has 6 heteroatoms. The van der Waals surface area contributed by atoms with Gasteiger partial charge in [-0.2, -0.15) is 0 Å². The molecule has 0 radical (unpaired) electrons. The van der Waals surface area contributed by atoms with Crippen molar-refractivity contribution in [2.45, 2.75) is 38.7 Å². The molecule has 0 bridgehead atoms. The van der Waals surface area contributed by atoms with Crippen LogP contribution in [-0.4, -0.2) is 34.3 Å². The fraction of sp³-hybridized carbons (Fsp3) is 0.286. The molecule has 1 aromatic heterocycles. The Hall–Kier alpha value is -3.64. The number of methoxy groups -OCH3 is 1. The number of imidazole rings is 1. The summed E-state index contributed by atoms with van der Waals surface area (Å²) in [5.74, 6) is 0.853. The fourth-order valence-corrected chi connectivity index (χ4v) is 4.89. The molecule has 0 spiro atoms. The molecule has 5 rings (SSSR count). The maximum Gasteiger partial charge on any atom is 0.304 e. The van der Waals surface area contributed by atoms with Crippen molar-refractivity contribution in [3.63, 3.8) is 0 Å². The fourth-order valence-electron chi connectivity index (χ4n) is 4.89. The number of ether oxygens (including phenoxy) is 2. The lowest BCUT2D eigenvalue weighted by atomic mass is 9.94. The molecule has 0 unspecified atom stereocenters. The summed E-state index contributed by atoms with van der Waals surface area (Å²) in [6, 6.07) is 20.8. The molecule has 1 N–H and O–H groups in total. The van der Waals surface area contributed by atoms with E-state index in [2.05, 4.69) is 47.9 Å². The highest BCUT2D eigenvalue weighted by Crippen LogP contribution is 2.37. The number of para-hydroxylation sites is 2. The third-order valence-corrected chi connectivity index (χ3v) is 6.62. The molecule has 0 aliphatic carbocycles. The predicted molar refractivity (Wildman–Crippen MR) is 131 cm³/mol. The first-order valence-corrected chi connectivity index (χ1v) is 11.6. The number of hydrogen-bond acceptors (Lipinski definition) is 4. The van der Waals surface area contributed by atoms with Gasteiger partial charge in [-0.25, -0.2) is 4.98 Å². The van der Waals surface area contributed by atoms with Gasteiger partial charge in [0.15, 0.2) is 0 Å². The first kappa shape index (κ1) is 22.2. The van der Waals surface area contributed by atoms with E-state index in [-0.39, 0.29) is 12.3 Å². The summed E-state index contributed by atoms with van der Waals surface area (Å²) in [6.07, 6.45) is 1.87. The molecule has 0 amide bonds. The number of carbonyl (C=O) groups is 1. The number of aromatic nitrogens is 2. The average molecular weight is 457 g/mol. The average Bonchev–Trinajstić information content (AvgIpc) is 3.39. The van der Waals surface area contributed by atoms with E-state index in [0.29, 0.717) is 13.2 Å². The molecule has 6 nitrogen and oxygen atoms in total. The van der Waals surface area contributed by atoms with E-state index >= 15 is 0 Å². The molecule has 34 heavy (non-hydrogen) atoms. The third kappa shape index (κ3) is 4.17. The zero-order valence-corrected chi connectivity index (χ0v) is 19.5. The van der Waals surface area contributed by atoms with E-state index in [9.17, 15) is 4.79 Å². The summed E-state index contributed by atoms with van der Waals surface area (Å²) in [5.41, 5.74) is 7.84. The van der Waals surface area contributed by atoms with Gasteiger partial charge in [-0.15, -0.1) is 0 Å². The maximum absolute atomic E-state index is 11.1. The lowest BCUT2D eigenvalue weighted by molar-refractivity contribution is -0.137. The Labute approximate surface area is 198 Å². The quantitative estimate of drug-likeness (QED) is 0.394. The van der Waals surface area contributed by atoms with Crippen LogP contribution < -0.4 is 4.74 Å². The number of benzene rings is 3. The minimum Gasteiger partial charge on any atom is -0.493 e. The Morgan fingerprint density at radius 1 is 1.15 bits per heavy atom. The van der Waals surface area contributed by atoms with Crippen LogP contribution in [0.1, 0.15) is 40.4 Å². The van der Waals surface area contributed by atoms with Crippen LogP contribution in [0, 0.1) is 6.92 Å². The minimum absolute atomic E-state index is 0.0632. The Bertz CT molecular complexity index is 1360. The highest BCUT2D eigenvalue weighted by molar-refractivity contribution is 5.78. The third-order valence-electron chi connectivity index (χ3n) is 6.62. The molecular formula is C28H28N2O4. The van der Waals surface area contributed by atoms with Crippen LogP contribution in [0.4, 0.5) is 0 Å². The Morgan fingerprint density at radius 2 is 2.00 bits per heavy atom. The van der Waals surface area contributed by atoms with E-state index in [1.807, 2.05) is 24.3 Å². The van der Waals surface area contributed by atoms with E-state index < -0.39 is 5.97 Å².